The number of carbonyl (C=O) groups excluding carboxylic acids is 4. The zero-order chi connectivity index (χ0) is 61.4. The van der Waals surface area contributed by atoms with Crippen LogP contribution in [-0.4, -0.2) is 140 Å². The van der Waals surface area contributed by atoms with Crippen LogP contribution >= 0.6 is 0 Å². The molecule has 2 aromatic rings. The molecule has 6 N–H and O–H groups in total. The summed E-state index contributed by atoms with van der Waals surface area (Å²) in [6.45, 7) is 12.4. The number of hydrogen-bond acceptors (Lipinski definition) is 19. The molecule has 0 aromatic heterocycles. The van der Waals surface area contributed by atoms with E-state index in [0.29, 0.717) is 57.9 Å². The van der Waals surface area contributed by atoms with E-state index in [0.717, 1.165) is 58.6 Å². The van der Waals surface area contributed by atoms with E-state index in [1.165, 1.54) is 44.4 Å². The molecule has 0 heterocycles. The molecule has 0 bridgehead atoms. The first-order chi connectivity index (χ1) is 37.7. The lowest BCUT2D eigenvalue weighted by molar-refractivity contribution is -0.388. The van der Waals surface area contributed by atoms with Crippen LogP contribution in [0.5, 0.6) is 0 Å². The van der Waals surface area contributed by atoms with Crippen LogP contribution in [0.3, 0.4) is 0 Å². The normalized spacial score (nSPS) is 16.2. The van der Waals surface area contributed by atoms with E-state index >= 15 is 0 Å². The van der Waals surface area contributed by atoms with Gasteiger partial charge in [-0.25, -0.2) is 31.5 Å². The summed E-state index contributed by atoms with van der Waals surface area (Å²) in [5.74, 6) is -2.87. The fraction of sp³-hybridized carbons (Fsp3) is 0.633. The Morgan fingerprint density at radius 1 is 0.691 bits per heavy atom. The molecule has 1 fully saturated rings. The molecule has 0 saturated heterocycles. The van der Waals surface area contributed by atoms with E-state index in [1.54, 1.807) is 34.6 Å². The summed E-state index contributed by atoms with van der Waals surface area (Å²) in [6.07, 6.45) is 9.10. The van der Waals surface area contributed by atoms with E-state index < -0.39 is 125 Å². The average Bonchev–Trinajstić information content (AvgIpc) is 4.09. The maximum atomic E-state index is 13.0. The maximum Gasteiger partial charge on any atom is 0.408 e. The highest BCUT2D eigenvalue weighted by Gasteiger charge is 2.61. The van der Waals surface area contributed by atoms with Crippen LogP contribution in [0.25, 0.3) is 0 Å². The Morgan fingerprint density at radius 3 is 1.43 bits per heavy atom. The van der Waals surface area contributed by atoms with Gasteiger partial charge < -0.3 is 19.5 Å². The highest BCUT2D eigenvalue weighted by atomic mass is 32.2. The number of unbranched alkanes of at least 4 members (excludes halogenated alkanes) is 10. The van der Waals surface area contributed by atoms with Crippen molar-refractivity contribution in [2.75, 3.05) is 40.4 Å². The number of carbonyl (C=O) groups is 4. The van der Waals surface area contributed by atoms with Gasteiger partial charge in [-0.2, -0.15) is 34.9 Å². The van der Waals surface area contributed by atoms with Crippen LogP contribution in [-0.2, 0) is 69.1 Å². The molecule has 3 rings (SSSR count). The molecule has 32 heteroatoms. The van der Waals surface area contributed by atoms with E-state index in [2.05, 4.69) is 21.3 Å². The van der Waals surface area contributed by atoms with Crippen molar-refractivity contribution in [3.8, 4) is 0 Å². The lowest BCUT2D eigenvalue weighted by Gasteiger charge is -2.24. The van der Waals surface area contributed by atoms with Gasteiger partial charge in [0.15, 0.2) is 9.79 Å². The molecule has 458 valence electrons. The largest absolute Gasteiger partial charge is 0.465 e. The minimum atomic E-state index is -4.40. The van der Waals surface area contributed by atoms with Crippen molar-refractivity contribution in [1.82, 2.24) is 28.1 Å². The lowest BCUT2D eigenvalue weighted by Crippen LogP contribution is -2.54. The van der Waals surface area contributed by atoms with Crippen molar-refractivity contribution in [2.24, 2.45) is 11.1 Å². The first-order valence-corrected chi connectivity index (χ1v) is 32.1. The number of esters is 2. The Hall–Kier alpha value is -5.74. The Kier molecular flexibility index (Phi) is 28.9. The molecule has 0 unspecified atom stereocenters. The number of alkyl carbamates (subject to hydrolysis) is 1. The van der Waals surface area contributed by atoms with Crippen LogP contribution < -0.4 is 24.6 Å². The van der Waals surface area contributed by atoms with Crippen molar-refractivity contribution in [3.63, 3.8) is 0 Å². The topological polar surface area (TPSA) is 399 Å². The van der Waals surface area contributed by atoms with Gasteiger partial charge in [0.1, 0.15) is 23.2 Å². The summed E-state index contributed by atoms with van der Waals surface area (Å²) in [4.78, 5) is 69.9. The number of rotatable bonds is 36. The number of sulfonamides is 2. The summed E-state index contributed by atoms with van der Waals surface area (Å²) in [6, 6.07) is 7.33. The quantitative estimate of drug-likeness (QED) is 0.0150. The van der Waals surface area contributed by atoms with Gasteiger partial charge in [0.05, 0.1) is 23.1 Å². The fourth-order valence-corrected chi connectivity index (χ4v) is 12.0. The predicted octanol–water partition coefficient (Wildman–Crippen LogP) is 4.97. The van der Waals surface area contributed by atoms with Crippen LogP contribution in [0.15, 0.2) is 71.0 Å². The second-order valence-corrected chi connectivity index (χ2v) is 26.7. The molecule has 4 atom stereocenters. The van der Waals surface area contributed by atoms with Crippen molar-refractivity contribution >= 4 is 75.8 Å². The number of amides is 2. The molecule has 1 aliphatic carbocycles. The molecule has 0 aliphatic heterocycles. The number of nitrogens with two attached hydrogens (primary N) is 1. The van der Waals surface area contributed by atoms with E-state index in [1.807, 2.05) is 4.72 Å². The molecule has 28 nitrogen and oxygen atoms in total. The second kappa shape index (κ2) is 32.8. The van der Waals surface area contributed by atoms with Gasteiger partial charge in [-0.3, -0.25) is 34.6 Å². The highest BCUT2D eigenvalue weighted by Crippen LogP contribution is 2.45. The second-order valence-electron chi connectivity index (χ2n) is 19.9. The smallest absolute Gasteiger partial charge is 0.408 e. The number of para-hydroxylation sites is 2. The minimum absolute atomic E-state index is 0.0234. The van der Waals surface area contributed by atoms with Crippen molar-refractivity contribution < 1.29 is 76.9 Å². The number of benzene rings is 2. The van der Waals surface area contributed by atoms with Gasteiger partial charge in [-0.15, -0.1) is 6.58 Å². The van der Waals surface area contributed by atoms with Gasteiger partial charge in [0.2, 0.25) is 20.0 Å². The van der Waals surface area contributed by atoms with Crippen molar-refractivity contribution in [2.45, 2.75) is 164 Å². The van der Waals surface area contributed by atoms with Gasteiger partial charge in [0, 0.05) is 45.2 Å². The number of nitro groups is 2. The fourth-order valence-electron chi connectivity index (χ4n) is 7.94. The van der Waals surface area contributed by atoms with Gasteiger partial charge >= 0.3 is 28.2 Å². The standard InChI is InChI=1S/C30H47N5O11S2.C19H32N4O8S2/c1-7-22-21-30(22,31-28(38)46-29(3,4)5)27(37)33-48(43,44)34(6)20-16-12-10-9-11-13-17-23(26(36)45-8-2)32-47(41,42)25-19-15-14-18-24(25)35(39)40;1-3-31-19(24)16(12-8-6-4-5-7-11-15-22(2)33(20,29)30)21-32(27,28)18-14-10-9-13-17(18)23(25)26/h7,14-15,18-19,22-23,32H,1,8-13,16-17,20-21H2,2-6H3,(H,31,38)(H,33,37);9-10,13-14,16,21H,3-8,11-12,15H2,1-2H3,(H2,20,29,30)/t22-,23+,30-;16-/m10/s1. The first-order valence-electron chi connectivity index (χ1n) is 26.2. The Bertz CT molecular complexity index is 2930. The first kappa shape index (κ1) is 71.4. The lowest BCUT2D eigenvalue weighted by atomic mass is 10.1. The zero-order valence-electron chi connectivity index (χ0n) is 46.8. The zero-order valence-corrected chi connectivity index (χ0v) is 50.1. The minimum Gasteiger partial charge on any atom is -0.465 e. The van der Waals surface area contributed by atoms with Gasteiger partial charge in [-0.1, -0.05) is 94.5 Å². The molecule has 2 amide bonds. The summed E-state index contributed by atoms with van der Waals surface area (Å²) in [7, 11) is -13.9. The van der Waals surface area contributed by atoms with Crippen LogP contribution in [0.1, 0.15) is 131 Å². The third kappa shape index (κ3) is 24.3. The van der Waals surface area contributed by atoms with Gasteiger partial charge in [0.25, 0.3) is 27.5 Å². The van der Waals surface area contributed by atoms with E-state index in [9.17, 15) is 73.1 Å². The Labute approximate surface area is 475 Å². The Balaban J connectivity index is 0.000000594. The summed E-state index contributed by atoms with van der Waals surface area (Å²) in [5, 5.41) is 30.0. The molecular formula is C49H79N9O19S4. The van der Waals surface area contributed by atoms with Crippen molar-refractivity contribution in [1.29, 1.82) is 0 Å². The molecule has 2 aromatic carbocycles. The average molecular weight is 1230 g/mol. The maximum absolute atomic E-state index is 13.0. The van der Waals surface area contributed by atoms with Crippen molar-refractivity contribution in [3.05, 3.63) is 81.4 Å². The molecular weight excluding hydrogens is 1150 g/mol. The van der Waals surface area contributed by atoms with Crippen LogP contribution in [0, 0.1) is 26.1 Å². The van der Waals surface area contributed by atoms with E-state index in [-0.39, 0.29) is 39.0 Å². The molecule has 1 saturated carbocycles. The molecule has 0 spiro atoms. The van der Waals surface area contributed by atoms with Crippen LogP contribution in [0.4, 0.5) is 16.2 Å². The summed E-state index contributed by atoms with van der Waals surface area (Å²) < 4.78 is 123. The van der Waals surface area contributed by atoms with Crippen LogP contribution in [0.2, 0.25) is 0 Å². The number of nitro benzene ring substituents is 2. The van der Waals surface area contributed by atoms with Gasteiger partial charge in [-0.05, 0) is 78.9 Å². The number of nitrogens with zero attached hydrogens (tertiary/aromatic N) is 4. The SMILES string of the molecule is C=C[C@@H]1C[C@]1(NC(=O)OC(C)(C)C)C(=O)NS(=O)(=O)N(C)CCCCCCCC[C@H](NS(=O)(=O)c1ccccc1[N+](=O)[O-])C(=O)OCC.CCOC(=O)[C@H](CCCCCCCCN(C)S(N)(=O)=O)NS(=O)(=O)c1ccccc1[N+](=O)[O-]. The summed E-state index contributed by atoms with van der Waals surface area (Å²) in [5.41, 5.74) is -3.48. The Morgan fingerprint density at radius 2 is 1.07 bits per heavy atom. The predicted molar refractivity (Wildman–Crippen MR) is 298 cm³/mol. The van der Waals surface area contributed by atoms with E-state index in [4.69, 9.17) is 19.3 Å². The third-order valence-corrected chi connectivity index (χ3v) is 17.9. The third-order valence-electron chi connectivity index (χ3n) is 12.4. The number of hydrogen-bond donors (Lipinski definition) is 5. The monoisotopic (exact) mass is 1230 g/mol. The molecule has 1 aliphatic rings. The summed E-state index contributed by atoms with van der Waals surface area (Å²) >= 11 is 0. The number of nitrogens with one attached hydrogen (secondary N) is 4. The molecule has 81 heavy (non-hydrogen) atoms. The number of ether oxygens (including phenoxy) is 3. The molecule has 0 radical (unpaired) electrons. The highest BCUT2D eigenvalue weighted by molar-refractivity contribution is 7.90.